The Balaban J connectivity index is 1.30. The number of rotatable bonds is 7. The molecule has 1 unspecified atom stereocenters. The molecule has 13 heteroatoms. The molecule has 2 saturated carbocycles. The summed E-state index contributed by atoms with van der Waals surface area (Å²) in [5.41, 5.74) is -1.45. The third-order valence-electron chi connectivity index (χ3n) is 10.7. The van der Waals surface area contributed by atoms with Gasteiger partial charge in [-0.1, -0.05) is 32.4 Å². The molecule has 2 aromatic rings. The number of ether oxygens (including phenoxy) is 2. The SMILES string of the molecule is CC[C@H]1CC(=O)N2C[C@H](Oc3nc(OC)cc4cc(F)ccc34)C[C@H]2C(=O)N[C@]2(C(=O)NS(=O)(=O)C3(C)CC3)CC2/C=C\CC[C@@H](C)C1. The second-order valence-electron chi connectivity index (χ2n) is 14.4. The first-order valence-electron chi connectivity index (χ1n) is 16.9. The molecular weight excluding hydrogens is 639 g/mol. The van der Waals surface area contributed by atoms with E-state index in [1.807, 2.05) is 12.2 Å². The number of pyridine rings is 1. The van der Waals surface area contributed by atoms with Crippen LogP contribution in [0.1, 0.15) is 78.6 Å². The van der Waals surface area contributed by atoms with Crippen molar-refractivity contribution in [1.29, 1.82) is 0 Å². The van der Waals surface area contributed by atoms with Gasteiger partial charge < -0.3 is 19.7 Å². The summed E-state index contributed by atoms with van der Waals surface area (Å²) in [4.78, 5) is 47.8. The summed E-state index contributed by atoms with van der Waals surface area (Å²) in [6.07, 6.45) is 8.16. The molecule has 3 fully saturated rings. The zero-order chi connectivity index (χ0) is 34.4. The second-order valence-corrected chi connectivity index (χ2v) is 16.5. The van der Waals surface area contributed by atoms with Crippen LogP contribution in [0.15, 0.2) is 36.4 Å². The molecule has 3 heterocycles. The van der Waals surface area contributed by atoms with Gasteiger partial charge in [0.2, 0.25) is 33.6 Å². The maximum atomic E-state index is 14.2. The van der Waals surface area contributed by atoms with Gasteiger partial charge in [-0.25, -0.2) is 12.8 Å². The standard InChI is InChI=1S/C35H45FN4O7S/c1-5-22-14-21(2)8-6-7-9-24-19-35(24,33(43)39-48(44,45)34(3)12-13-34)38-31(42)28-18-26(20-40(28)30(41)15-22)47-32-27-11-10-25(36)16-23(27)17-29(37-32)46-4/h7,9-11,16-17,21-22,24,26,28H,5-6,8,12-15,18-20H2,1-4H3,(H,38,42)(H,39,43)/b9-7-/t21-,22-,24?,26-,28+,35-/m1/s1. The van der Waals surface area contributed by atoms with E-state index in [-0.39, 0.29) is 49.4 Å². The van der Waals surface area contributed by atoms with Crippen LogP contribution < -0.4 is 19.5 Å². The monoisotopic (exact) mass is 684 g/mol. The molecule has 48 heavy (non-hydrogen) atoms. The van der Waals surface area contributed by atoms with Crippen molar-refractivity contribution in [3.05, 3.63) is 42.2 Å². The summed E-state index contributed by atoms with van der Waals surface area (Å²) in [6.45, 7) is 5.93. The molecule has 11 nitrogen and oxygen atoms in total. The quantitative estimate of drug-likeness (QED) is 0.409. The average Bonchev–Trinajstić information content (AvgIpc) is 3.92. The number of halogens is 1. The highest BCUT2D eigenvalue weighted by molar-refractivity contribution is 7.91. The first-order valence-corrected chi connectivity index (χ1v) is 18.4. The van der Waals surface area contributed by atoms with Crippen molar-refractivity contribution >= 4 is 38.5 Å². The number of sulfonamides is 1. The van der Waals surface area contributed by atoms with Gasteiger partial charge in [-0.2, -0.15) is 4.98 Å². The van der Waals surface area contributed by atoms with Crippen LogP contribution in [0.2, 0.25) is 0 Å². The molecular formula is C35H45FN4O7S. The molecule has 0 radical (unpaired) electrons. The molecule has 1 aromatic heterocycles. The van der Waals surface area contributed by atoms with Crippen molar-refractivity contribution in [2.45, 2.75) is 101 Å². The molecule has 2 N–H and O–H groups in total. The van der Waals surface area contributed by atoms with Gasteiger partial charge in [-0.3, -0.25) is 19.1 Å². The number of fused-ring (bicyclic) bond motifs is 3. The Bertz CT molecular complexity index is 1750. The Labute approximate surface area is 281 Å². The number of nitrogens with zero attached hydrogens (tertiary/aromatic N) is 2. The minimum Gasteiger partial charge on any atom is -0.481 e. The van der Waals surface area contributed by atoms with Crippen molar-refractivity contribution < 1.29 is 36.7 Å². The van der Waals surface area contributed by atoms with Crippen LogP contribution in [-0.2, 0) is 24.4 Å². The Hall–Kier alpha value is -3.74. The lowest BCUT2D eigenvalue weighted by Gasteiger charge is -2.28. The normalized spacial score (nSPS) is 31.0. The van der Waals surface area contributed by atoms with E-state index in [2.05, 4.69) is 28.9 Å². The number of hydrogen-bond donors (Lipinski definition) is 2. The fourth-order valence-corrected chi connectivity index (χ4v) is 8.40. The fourth-order valence-electron chi connectivity index (χ4n) is 7.09. The zero-order valence-electron chi connectivity index (χ0n) is 28.0. The molecule has 3 amide bonds. The van der Waals surface area contributed by atoms with Crippen LogP contribution in [0.3, 0.4) is 0 Å². The topological polar surface area (TPSA) is 144 Å². The number of hydrogen-bond acceptors (Lipinski definition) is 8. The number of carbonyl (C=O) groups excluding carboxylic acids is 3. The Kier molecular flexibility index (Phi) is 9.20. The second kappa shape index (κ2) is 12.9. The van der Waals surface area contributed by atoms with Crippen LogP contribution in [0.5, 0.6) is 11.8 Å². The molecule has 1 aromatic carbocycles. The van der Waals surface area contributed by atoms with Gasteiger partial charge in [-0.15, -0.1) is 0 Å². The van der Waals surface area contributed by atoms with Gasteiger partial charge in [0.05, 0.1) is 18.4 Å². The molecule has 6 rings (SSSR count). The highest BCUT2D eigenvalue weighted by Gasteiger charge is 2.63. The van der Waals surface area contributed by atoms with Crippen molar-refractivity contribution in [1.82, 2.24) is 19.9 Å². The van der Waals surface area contributed by atoms with Crippen LogP contribution in [0.25, 0.3) is 10.8 Å². The van der Waals surface area contributed by atoms with E-state index in [1.54, 1.807) is 19.1 Å². The van der Waals surface area contributed by atoms with E-state index >= 15 is 0 Å². The largest absolute Gasteiger partial charge is 0.481 e. The molecule has 0 spiro atoms. The van der Waals surface area contributed by atoms with Crippen LogP contribution in [0.4, 0.5) is 4.39 Å². The smallest absolute Gasteiger partial charge is 0.259 e. The lowest BCUT2D eigenvalue weighted by molar-refractivity contribution is -0.140. The van der Waals surface area contributed by atoms with Crippen LogP contribution >= 0.6 is 0 Å². The molecule has 0 bridgehead atoms. The van der Waals surface area contributed by atoms with Gasteiger partial charge >= 0.3 is 0 Å². The fraction of sp³-hybridized carbons (Fsp3) is 0.600. The zero-order valence-corrected chi connectivity index (χ0v) is 28.8. The number of nitrogens with one attached hydrogen (secondary N) is 2. The molecule has 1 saturated heterocycles. The summed E-state index contributed by atoms with van der Waals surface area (Å²) >= 11 is 0. The number of carbonyl (C=O) groups is 3. The van der Waals surface area contributed by atoms with E-state index in [0.29, 0.717) is 29.5 Å². The van der Waals surface area contributed by atoms with Gasteiger partial charge in [0.25, 0.3) is 5.91 Å². The van der Waals surface area contributed by atoms with Gasteiger partial charge in [-0.05, 0) is 80.9 Å². The highest BCUT2D eigenvalue weighted by atomic mass is 32.2. The first-order chi connectivity index (χ1) is 22.8. The molecule has 6 atom stereocenters. The first kappa shape index (κ1) is 34.1. The Morgan fingerprint density at radius 1 is 1.21 bits per heavy atom. The van der Waals surface area contributed by atoms with E-state index in [0.717, 1.165) is 25.7 Å². The third-order valence-corrected chi connectivity index (χ3v) is 12.8. The van der Waals surface area contributed by atoms with Gasteiger partial charge in [0.15, 0.2) is 0 Å². The minimum absolute atomic E-state index is 0.0970. The van der Waals surface area contributed by atoms with Gasteiger partial charge in [0, 0.05) is 30.2 Å². The lowest BCUT2D eigenvalue weighted by Crippen LogP contribution is -2.57. The number of amides is 3. The lowest BCUT2D eigenvalue weighted by atomic mass is 9.88. The van der Waals surface area contributed by atoms with Crippen molar-refractivity contribution in [2.24, 2.45) is 17.8 Å². The van der Waals surface area contributed by atoms with Crippen LogP contribution in [0, 0.1) is 23.6 Å². The third kappa shape index (κ3) is 6.75. The Morgan fingerprint density at radius 3 is 2.69 bits per heavy atom. The summed E-state index contributed by atoms with van der Waals surface area (Å²) in [7, 11) is -2.50. The van der Waals surface area contributed by atoms with Gasteiger partial charge in [0.1, 0.15) is 23.5 Å². The summed E-state index contributed by atoms with van der Waals surface area (Å²) in [5.74, 6) is -1.41. The summed E-state index contributed by atoms with van der Waals surface area (Å²) in [6, 6.07) is 4.85. The number of benzene rings is 1. The molecule has 2 aliphatic carbocycles. The van der Waals surface area contributed by atoms with E-state index in [9.17, 15) is 27.2 Å². The predicted molar refractivity (Wildman–Crippen MR) is 177 cm³/mol. The van der Waals surface area contributed by atoms with E-state index < -0.39 is 56.0 Å². The predicted octanol–water partition coefficient (Wildman–Crippen LogP) is 4.40. The van der Waals surface area contributed by atoms with Crippen LogP contribution in [-0.4, -0.2) is 72.1 Å². The molecule has 260 valence electrons. The number of aromatic nitrogens is 1. The van der Waals surface area contributed by atoms with E-state index in [1.165, 1.54) is 24.1 Å². The maximum absolute atomic E-state index is 14.2. The number of methoxy groups -OCH3 is 1. The maximum Gasteiger partial charge on any atom is 0.259 e. The summed E-state index contributed by atoms with van der Waals surface area (Å²) in [5, 5.41) is 3.97. The van der Waals surface area contributed by atoms with Crippen molar-refractivity contribution in [3.63, 3.8) is 0 Å². The van der Waals surface area contributed by atoms with E-state index in [4.69, 9.17) is 9.47 Å². The minimum atomic E-state index is -3.94. The Morgan fingerprint density at radius 2 is 1.98 bits per heavy atom. The van der Waals surface area contributed by atoms with Crippen molar-refractivity contribution in [3.8, 4) is 11.8 Å². The number of allylic oxidation sites excluding steroid dienone is 1. The highest BCUT2D eigenvalue weighted by Crippen LogP contribution is 2.47. The summed E-state index contributed by atoms with van der Waals surface area (Å²) < 4.78 is 53.1. The molecule has 2 aliphatic heterocycles. The van der Waals surface area contributed by atoms with Crippen molar-refractivity contribution in [2.75, 3.05) is 13.7 Å². The molecule has 4 aliphatic rings. The average molecular weight is 685 g/mol.